The third-order valence-electron chi connectivity index (χ3n) is 3.74. The molecule has 0 aliphatic carbocycles. The number of aryl methyl sites for hydroxylation is 1. The molecule has 5 heteroatoms. The van der Waals surface area contributed by atoms with E-state index in [4.69, 9.17) is 4.74 Å². The molecule has 3 rings (SSSR count). The Morgan fingerprint density at radius 2 is 1.96 bits per heavy atom. The second kappa shape index (κ2) is 8.04. The lowest BCUT2D eigenvalue weighted by atomic mass is 10.1. The van der Waals surface area contributed by atoms with Gasteiger partial charge in [-0.15, -0.1) is 11.3 Å². The third kappa shape index (κ3) is 4.19. The summed E-state index contributed by atoms with van der Waals surface area (Å²) in [6.45, 7) is 2.80. The molecule has 24 heavy (non-hydrogen) atoms. The first-order valence-corrected chi connectivity index (χ1v) is 8.88. The number of benzene rings is 1. The molecule has 0 saturated carbocycles. The smallest absolute Gasteiger partial charge is 0.134 e. The van der Waals surface area contributed by atoms with Crippen LogP contribution >= 0.6 is 11.3 Å². The van der Waals surface area contributed by atoms with Gasteiger partial charge in [-0.2, -0.15) is 0 Å². The van der Waals surface area contributed by atoms with E-state index in [-0.39, 0.29) is 6.10 Å². The lowest BCUT2D eigenvalue weighted by Crippen LogP contribution is -2.15. The van der Waals surface area contributed by atoms with E-state index < -0.39 is 0 Å². The van der Waals surface area contributed by atoms with Gasteiger partial charge in [0.25, 0.3) is 0 Å². The van der Waals surface area contributed by atoms with Gasteiger partial charge in [0, 0.05) is 29.3 Å². The fraction of sp³-hybridized carbons (Fsp3) is 0.263. The molecule has 1 aromatic carbocycles. The zero-order chi connectivity index (χ0) is 16.8. The van der Waals surface area contributed by atoms with Crippen LogP contribution in [0.2, 0.25) is 0 Å². The number of aromatic nitrogens is 2. The number of ether oxygens (including phenoxy) is 1. The zero-order valence-corrected chi connectivity index (χ0v) is 14.7. The molecule has 4 nitrogen and oxygen atoms in total. The van der Waals surface area contributed by atoms with Crippen molar-refractivity contribution in [1.82, 2.24) is 15.3 Å². The van der Waals surface area contributed by atoms with Gasteiger partial charge in [-0.05, 0) is 49.7 Å². The maximum absolute atomic E-state index is 6.28. The highest BCUT2D eigenvalue weighted by Gasteiger charge is 2.14. The number of nitrogens with zero attached hydrogens (tertiary/aromatic N) is 2. The first-order valence-electron chi connectivity index (χ1n) is 8.00. The maximum atomic E-state index is 6.28. The molecule has 124 valence electrons. The number of hydrogen-bond donors (Lipinski definition) is 1. The largest absolute Gasteiger partial charge is 0.485 e. The Morgan fingerprint density at radius 1 is 1.12 bits per heavy atom. The molecule has 0 radical (unpaired) electrons. The summed E-state index contributed by atoms with van der Waals surface area (Å²) in [5, 5.41) is 5.28. The van der Waals surface area contributed by atoms with Crippen LogP contribution in [0.25, 0.3) is 11.1 Å². The van der Waals surface area contributed by atoms with Gasteiger partial charge < -0.3 is 10.1 Å². The molecule has 0 saturated heterocycles. The molecular weight excluding hydrogens is 318 g/mol. The minimum absolute atomic E-state index is 0.0574. The van der Waals surface area contributed by atoms with Gasteiger partial charge in [-0.3, -0.25) is 0 Å². The summed E-state index contributed by atoms with van der Waals surface area (Å²) in [5.41, 5.74) is 2.06. The first kappa shape index (κ1) is 16.6. The second-order valence-electron chi connectivity index (χ2n) is 5.56. The van der Waals surface area contributed by atoms with Crippen LogP contribution in [0.4, 0.5) is 0 Å². The number of nitrogens with one attached hydrogen (secondary N) is 1. The number of thiophene rings is 1. The quantitative estimate of drug-likeness (QED) is 0.699. The van der Waals surface area contributed by atoms with Crippen molar-refractivity contribution in [2.45, 2.75) is 19.4 Å². The topological polar surface area (TPSA) is 47.0 Å². The lowest BCUT2D eigenvalue weighted by Gasteiger charge is -2.18. The molecule has 1 unspecified atom stereocenters. The fourth-order valence-corrected chi connectivity index (χ4v) is 3.25. The van der Waals surface area contributed by atoms with Crippen molar-refractivity contribution in [2.24, 2.45) is 0 Å². The van der Waals surface area contributed by atoms with Gasteiger partial charge in [-0.1, -0.05) is 18.2 Å². The van der Waals surface area contributed by atoms with Crippen molar-refractivity contribution in [3.05, 3.63) is 64.9 Å². The van der Waals surface area contributed by atoms with E-state index in [9.17, 15) is 0 Å². The summed E-state index contributed by atoms with van der Waals surface area (Å²) < 4.78 is 6.28. The van der Waals surface area contributed by atoms with E-state index in [0.717, 1.165) is 35.7 Å². The molecule has 0 aliphatic heterocycles. The third-order valence-corrected chi connectivity index (χ3v) is 4.71. The molecule has 0 spiro atoms. The van der Waals surface area contributed by atoms with Crippen LogP contribution in [0, 0.1) is 6.92 Å². The van der Waals surface area contributed by atoms with Gasteiger partial charge in [0.1, 0.15) is 17.7 Å². The molecular formula is C19H21N3OS. The van der Waals surface area contributed by atoms with E-state index in [1.807, 2.05) is 44.6 Å². The monoisotopic (exact) mass is 339 g/mol. The van der Waals surface area contributed by atoms with Crippen LogP contribution in [-0.2, 0) is 0 Å². The van der Waals surface area contributed by atoms with Crippen LogP contribution in [0.15, 0.2) is 54.2 Å². The van der Waals surface area contributed by atoms with Crippen molar-refractivity contribution in [3.63, 3.8) is 0 Å². The Kier molecular flexibility index (Phi) is 5.56. The summed E-state index contributed by atoms with van der Waals surface area (Å²) in [7, 11) is 1.96. The van der Waals surface area contributed by atoms with Gasteiger partial charge in [0.2, 0.25) is 0 Å². The molecule has 0 amide bonds. The standard InChI is InChI=1S/C19H21N3OS/c1-14-21-12-16(13-22-14)15-5-3-6-17(11-15)23-18(8-9-20-2)19-7-4-10-24-19/h3-7,10-13,18,20H,8-9H2,1-2H3. The molecule has 2 aromatic heterocycles. The SMILES string of the molecule is CNCCC(Oc1cccc(-c2cnc(C)nc2)c1)c1cccs1. The van der Waals surface area contributed by atoms with Crippen LogP contribution in [0.1, 0.15) is 23.2 Å². The maximum Gasteiger partial charge on any atom is 0.134 e. The van der Waals surface area contributed by atoms with Crippen LogP contribution in [-0.4, -0.2) is 23.6 Å². The molecule has 2 heterocycles. The number of rotatable bonds is 7. The summed E-state index contributed by atoms with van der Waals surface area (Å²) in [5.74, 6) is 1.64. The van der Waals surface area contributed by atoms with Crippen molar-refractivity contribution in [3.8, 4) is 16.9 Å². The minimum atomic E-state index is 0.0574. The van der Waals surface area contributed by atoms with E-state index in [1.54, 1.807) is 11.3 Å². The number of hydrogen-bond acceptors (Lipinski definition) is 5. The molecule has 1 atom stereocenters. The Bertz CT molecular complexity index is 757. The highest BCUT2D eigenvalue weighted by atomic mass is 32.1. The van der Waals surface area contributed by atoms with E-state index in [1.165, 1.54) is 4.88 Å². The Labute approximate surface area is 146 Å². The first-order chi connectivity index (χ1) is 11.8. The summed E-state index contributed by atoms with van der Waals surface area (Å²) in [6, 6.07) is 12.3. The molecule has 0 fully saturated rings. The molecule has 3 aromatic rings. The highest BCUT2D eigenvalue weighted by molar-refractivity contribution is 7.10. The summed E-state index contributed by atoms with van der Waals surface area (Å²) >= 11 is 1.73. The predicted octanol–water partition coefficient (Wildman–Crippen LogP) is 4.24. The summed E-state index contributed by atoms with van der Waals surface area (Å²) in [4.78, 5) is 9.78. The molecule has 0 aliphatic rings. The molecule has 1 N–H and O–H groups in total. The normalized spacial score (nSPS) is 12.1. The van der Waals surface area contributed by atoms with E-state index in [0.29, 0.717) is 0 Å². The van der Waals surface area contributed by atoms with Crippen LogP contribution in [0.5, 0.6) is 5.75 Å². The van der Waals surface area contributed by atoms with Crippen molar-refractivity contribution in [2.75, 3.05) is 13.6 Å². The van der Waals surface area contributed by atoms with Crippen LogP contribution in [0.3, 0.4) is 0 Å². The van der Waals surface area contributed by atoms with E-state index in [2.05, 4.69) is 38.9 Å². The van der Waals surface area contributed by atoms with Crippen molar-refractivity contribution < 1.29 is 4.74 Å². The van der Waals surface area contributed by atoms with Gasteiger partial charge in [0.15, 0.2) is 0 Å². The van der Waals surface area contributed by atoms with Crippen molar-refractivity contribution >= 4 is 11.3 Å². The van der Waals surface area contributed by atoms with Crippen LogP contribution < -0.4 is 10.1 Å². The predicted molar refractivity (Wildman–Crippen MR) is 98.4 cm³/mol. The zero-order valence-electron chi connectivity index (χ0n) is 13.9. The Morgan fingerprint density at radius 3 is 2.67 bits per heavy atom. The Balaban J connectivity index is 1.80. The summed E-state index contributed by atoms with van der Waals surface area (Å²) in [6.07, 6.45) is 4.68. The second-order valence-corrected chi connectivity index (χ2v) is 6.54. The molecule has 0 bridgehead atoms. The Hall–Kier alpha value is -2.24. The average Bonchev–Trinajstić information content (AvgIpc) is 3.14. The highest BCUT2D eigenvalue weighted by Crippen LogP contribution is 2.30. The van der Waals surface area contributed by atoms with Gasteiger partial charge >= 0.3 is 0 Å². The average molecular weight is 339 g/mol. The van der Waals surface area contributed by atoms with E-state index >= 15 is 0 Å². The van der Waals surface area contributed by atoms with Gasteiger partial charge in [0.05, 0.1) is 0 Å². The van der Waals surface area contributed by atoms with Crippen molar-refractivity contribution in [1.29, 1.82) is 0 Å². The van der Waals surface area contributed by atoms with Gasteiger partial charge in [-0.25, -0.2) is 9.97 Å². The fourth-order valence-electron chi connectivity index (χ4n) is 2.46. The minimum Gasteiger partial charge on any atom is -0.485 e. The lowest BCUT2D eigenvalue weighted by molar-refractivity contribution is 0.199.